The Morgan fingerprint density at radius 1 is 1.09 bits per heavy atom. The molecule has 0 heterocycles. The van der Waals surface area contributed by atoms with E-state index in [2.05, 4.69) is 13.3 Å². The molecule has 4 nitrogen and oxygen atoms in total. The van der Waals surface area contributed by atoms with Gasteiger partial charge in [-0.2, -0.15) is 12.1 Å². The minimum Gasteiger partial charge on any atom is 0 e. The Morgan fingerprint density at radius 3 is 2.09 bits per heavy atom. The summed E-state index contributed by atoms with van der Waals surface area (Å²) in [4.78, 5) is 12.0. The summed E-state index contributed by atoms with van der Waals surface area (Å²) in [5.41, 5.74) is 2.46. The van der Waals surface area contributed by atoms with E-state index >= 15 is 0 Å². The second-order valence-corrected chi connectivity index (χ2v) is 3.86. The first-order valence-corrected chi connectivity index (χ1v) is 6.38. The first-order valence-electron chi connectivity index (χ1n) is 6.38. The SMILES string of the molecule is CCOC(=O)/C(=C/c1ccccc1)[c-]1cccc1.[C-]#[O+].[C-]#[O+].[Fe]. The van der Waals surface area contributed by atoms with Gasteiger partial charge in [-0.15, -0.1) is 18.2 Å². The molecule has 0 fully saturated rings. The Bertz CT molecular complexity index is 604. The normalized spacial score (nSPS) is 9.00. The minimum absolute atomic E-state index is 0. The van der Waals surface area contributed by atoms with E-state index in [1.807, 2.05) is 67.6 Å². The van der Waals surface area contributed by atoms with Crippen LogP contribution in [0.1, 0.15) is 18.1 Å². The van der Waals surface area contributed by atoms with Crippen LogP contribution in [0.5, 0.6) is 0 Å². The molecule has 23 heavy (non-hydrogen) atoms. The van der Waals surface area contributed by atoms with Gasteiger partial charge in [-0.1, -0.05) is 41.5 Å². The van der Waals surface area contributed by atoms with Crippen LogP contribution in [0, 0.1) is 13.3 Å². The van der Waals surface area contributed by atoms with Crippen LogP contribution in [-0.2, 0) is 35.9 Å². The molecule has 0 aliphatic carbocycles. The number of carbonyl (C=O) groups is 1. The zero-order chi connectivity index (χ0) is 16.8. The van der Waals surface area contributed by atoms with Gasteiger partial charge in [0.25, 0.3) is 5.97 Å². The van der Waals surface area contributed by atoms with E-state index in [9.17, 15) is 4.79 Å². The average molecular weight is 351 g/mol. The second-order valence-electron chi connectivity index (χ2n) is 3.86. The molecule has 2 rings (SSSR count). The zero-order valence-electron chi connectivity index (χ0n) is 12.5. The van der Waals surface area contributed by atoms with Gasteiger partial charge in [0.2, 0.25) is 0 Å². The zero-order valence-corrected chi connectivity index (χ0v) is 13.6. The molecule has 120 valence electrons. The van der Waals surface area contributed by atoms with Crippen LogP contribution in [0.25, 0.3) is 11.6 Å². The van der Waals surface area contributed by atoms with Crippen molar-refractivity contribution >= 4 is 17.6 Å². The van der Waals surface area contributed by atoms with Crippen molar-refractivity contribution in [2.24, 2.45) is 0 Å². The molecule has 2 aromatic carbocycles. The fraction of sp³-hybridized carbons (Fsp3) is 0.111. The Morgan fingerprint density at radius 2 is 1.61 bits per heavy atom. The number of carbonyl (C=O) groups excluding carboxylic acids is 1. The molecule has 0 saturated heterocycles. The molecule has 0 N–H and O–H groups in total. The molecule has 0 atom stereocenters. The van der Waals surface area contributed by atoms with Crippen molar-refractivity contribution in [3.05, 3.63) is 79.0 Å². The largest absolute Gasteiger partial charge is 0 e. The van der Waals surface area contributed by atoms with Crippen molar-refractivity contribution in [3.8, 4) is 0 Å². The number of rotatable bonds is 4. The van der Waals surface area contributed by atoms with E-state index in [1.165, 1.54) is 0 Å². The molecule has 0 saturated carbocycles. The molecule has 0 amide bonds. The number of benzene rings is 1. The minimum atomic E-state index is -0.285. The van der Waals surface area contributed by atoms with Gasteiger partial charge in [0.1, 0.15) is 0 Å². The second kappa shape index (κ2) is 14.7. The third-order valence-corrected chi connectivity index (χ3v) is 2.58. The van der Waals surface area contributed by atoms with Crippen molar-refractivity contribution in [1.29, 1.82) is 0 Å². The van der Waals surface area contributed by atoms with Gasteiger partial charge in [0.15, 0.2) is 0 Å². The van der Waals surface area contributed by atoms with Crippen LogP contribution in [0.4, 0.5) is 0 Å². The first kappa shape index (κ1) is 23.1. The molecule has 0 aliphatic heterocycles. The Balaban J connectivity index is 0. The van der Waals surface area contributed by atoms with Crippen molar-refractivity contribution in [2.45, 2.75) is 6.92 Å². The van der Waals surface area contributed by atoms with Crippen LogP contribution in [-0.4, -0.2) is 12.6 Å². The summed E-state index contributed by atoms with van der Waals surface area (Å²) in [5.74, 6) is -0.285. The van der Waals surface area contributed by atoms with E-state index in [0.29, 0.717) is 12.2 Å². The maximum absolute atomic E-state index is 12.0. The van der Waals surface area contributed by atoms with Gasteiger partial charge in [0.05, 0.1) is 6.61 Å². The quantitative estimate of drug-likeness (QED) is 0.278. The smallest absolute Gasteiger partial charge is 0 e. The van der Waals surface area contributed by atoms with Crippen LogP contribution < -0.4 is 0 Å². The monoisotopic (exact) mass is 351 g/mol. The Kier molecular flexibility index (Phi) is 14.7. The number of hydrogen-bond acceptors (Lipinski definition) is 2. The maximum atomic E-state index is 12.0. The summed E-state index contributed by atoms with van der Waals surface area (Å²) in [7, 11) is 0. The summed E-state index contributed by atoms with van der Waals surface area (Å²) >= 11 is 0. The standard InChI is InChI=1S/C16H15O2.2CO.Fe/c1-2-18-16(17)15(14-10-6-7-11-14)12-13-8-4-3-5-9-13;2*1-2;/h3-12H,2H2,1H3;;;/q-1;;;/b15-12+;;;. The van der Waals surface area contributed by atoms with Gasteiger partial charge in [-0.05, 0) is 12.5 Å². The van der Waals surface area contributed by atoms with E-state index in [-0.39, 0.29) is 23.0 Å². The molecule has 5 heteroatoms. The predicted octanol–water partition coefficient (Wildman–Crippen LogP) is 3.43. The molecule has 2 aromatic rings. The fourth-order valence-electron chi connectivity index (χ4n) is 1.74. The summed E-state index contributed by atoms with van der Waals surface area (Å²) in [6.45, 7) is 11.2. The maximum Gasteiger partial charge on any atom is 0 e. The van der Waals surface area contributed by atoms with Gasteiger partial charge in [-0.3, -0.25) is 4.79 Å². The van der Waals surface area contributed by atoms with Crippen molar-refractivity contribution < 1.29 is 35.9 Å². The van der Waals surface area contributed by atoms with E-state index in [0.717, 1.165) is 11.1 Å². The molecule has 0 aromatic heterocycles. The number of ether oxygens (including phenoxy) is 1. The van der Waals surface area contributed by atoms with E-state index < -0.39 is 0 Å². The van der Waals surface area contributed by atoms with Gasteiger partial charge in [0, 0.05) is 17.1 Å². The predicted molar refractivity (Wildman–Crippen MR) is 80.8 cm³/mol. The molecule has 0 spiro atoms. The van der Waals surface area contributed by atoms with Crippen molar-refractivity contribution in [3.63, 3.8) is 0 Å². The topological polar surface area (TPSA) is 66.1 Å². The van der Waals surface area contributed by atoms with Crippen LogP contribution in [0.15, 0.2) is 54.6 Å². The molecule has 0 bridgehead atoms. The molecule has 0 radical (unpaired) electrons. The summed E-state index contributed by atoms with van der Waals surface area (Å²) in [6.07, 6.45) is 1.85. The van der Waals surface area contributed by atoms with E-state index in [1.54, 1.807) is 0 Å². The third kappa shape index (κ3) is 8.10. The van der Waals surface area contributed by atoms with Crippen molar-refractivity contribution in [1.82, 2.24) is 0 Å². The van der Waals surface area contributed by atoms with Gasteiger partial charge in [-0.25, -0.2) is 0 Å². The fourth-order valence-corrected chi connectivity index (χ4v) is 1.74. The average Bonchev–Trinajstić information content (AvgIpc) is 3.12. The van der Waals surface area contributed by atoms with Crippen molar-refractivity contribution in [2.75, 3.05) is 6.61 Å². The molecule has 0 aliphatic rings. The number of esters is 1. The van der Waals surface area contributed by atoms with Crippen LogP contribution in [0.2, 0.25) is 0 Å². The molecular weight excluding hydrogens is 336 g/mol. The first-order chi connectivity index (χ1) is 10.8. The molecular formula is C18H15FeO4-. The summed E-state index contributed by atoms with van der Waals surface area (Å²) < 4.78 is 20.1. The summed E-state index contributed by atoms with van der Waals surface area (Å²) in [6, 6.07) is 17.4. The number of hydrogen-bond donors (Lipinski definition) is 0. The molecule has 0 unspecified atom stereocenters. The van der Waals surface area contributed by atoms with Gasteiger partial charge < -0.3 is 4.74 Å². The van der Waals surface area contributed by atoms with Crippen LogP contribution in [0.3, 0.4) is 0 Å². The Hall–Kier alpha value is -2.22. The third-order valence-electron chi connectivity index (χ3n) is 2.58. The van der Waals surface area contributed by atoms with Crippen LogP contribution >= 0.6 is 0 Å². The summed E-state index contributed by atoms with van der Waals surface area (Å²) in [5, 5.41) is 0. The Labute approximate surface area is 146 Å². The van der Waals surface area contributed by atoms with Gasteiger partial charge >= 0.3 is 22.6 Å². The van der Waals surface area contributed by atoms with E-state index in [4.69, 9.17) is 14.0 Å².